The van der Waals surface area contributed by atoms with Crippen molar-refractivity contribution in [3.63, 3.8) is 0 Å². The maximum absolute atomic E-state index is 5.92. The Bertz CT molecular complexity index is 569. The molecule has 0 saturated carbocycles. The lowest BCUT2D eigenvalue weighted by atomic mass is 10.1. The standard InChI is InChI=1S/C15H21ClN4O/c1-5-17-10(2)14-18-19-15(21-14)20(4)11(3)12-6-8-13(16)9-7-12/h6-11,17H,5H2,1-4H3. The first-order valence-corrected chi connectivity index (χ1v) is 7.45. The van der Waals surface area contributed by atoms with Gasteiger partial charge in [-0.3, -0.25) is 0 Å². The number of rotatable bonds is 6. The van der Waals surface area contributed by atoms with Crippen LogP contribution in [-0.4, -0.2) is 23.8 Å². The molecule has 1 heterocycles. The van der Waals surface area contributed by atoms with Crippen molar-refractivity contribution >= 4 is 17.6 Å². The van der Waals surface area contributed by atoms with Gasteiger partial charge in [-0.2, -0.15) is 0 Å². The summed E-state index contributed by atoms with van der Waals surface area (Å²) in [5, 5.41) is 12.2. The highest BCUT2D eigenvalue weighted by Gasteiger charge is 2.19. The second-order valence-corrected chi connectivity index (χ2v) is 5.48. The lowest BCUT2D eigenvalue weighted by Crippen LogP contribution is -2.22. The van der Waals surface area contributed by atoms with Gasteiger partial charge >= 0.3 is 6.01 Å². The molecule has 1 N–H and O–H groups in total. The molecule has 0 saturated heterocycles. The van der Waals surface area contributed by atoms with Crippen molar-refractivity contribution in [2.75, 3.05) is 18.5 Å². The smallest absolute Gasteiger partial charge is 0.318 e. The minimum Gasteiger partial charge on any atom is -0.406 e. The fraction of sp³-hybridized carbons (Fsp3) is 0.467. The lowest BCUT2D eigenvalue weighted by Gasteiger charge is -2.23. The van der Waals surface area contributed by atoms with Gasteiger partial charge in [0.2, 0.25) is 5.89 Å². The monoisotopic (exact) mass is 308 g/mol. The van der Waals surface area contributed by atoms with Gasteiger partial charge in [0.05, 0.1) is 12.1 Å². The normalized spacial score (nSPS) is 14.0. The van der Waals surface area contributed by atoms with Crippen molar-refractivity contribution in [3.05, 3.63) is 40.7 Å². The Labute approximate surface area is 130 Å². The van der Waals surface area contributed by atoms with Gasteiger partial charge in [0.15, 0.2) is 0 Å². The van der Waals surface area contributed by atoms with Crippen LogP contribution < -0.4 is 10.2 Å². The van der Waals surface area contributed by atoms with Crippen LogP contribution in [0.4, 0.5) is 6.01 Å². The largest absolute Gasteiger partial charge is 0.406 e. The first kappa shape index (κ1) is 15.8. The number of nitrogens with zero attached hydrogens (tertiary/aromatic N) is 3. The Morgan fingerprint density at radius 1 is 1.24 bits per heavy atom. The topological polar surface area (TPSA) is 54.2 Å². The Kier molecular flexibility index (Phi) is 5.20. The molecule has 0 bridgehead atoms. The van der Waals surface area contributed by atoms with E-state index < -0.39 is 0 Å². The van der Waals surface area contributed by atoms with Crippen molar-refractivity contribution in [2.24, 2.45) is 0 Å². The zero-order chi connectivity index (χ0) is 15.4. The van der Waals surface area contributed by atoms with E-state index in [2.05, 4.69) is 22.4 Å². The molecule has 2 unspecified atom stereocenters. The van der Waals surface area contributed by atoms with Crippen LogP contribution in [0, 0.1) is 0 Å². The second-order valence-electron chi connectivity index (χ2n) is 5.04. The lowest BCUT2D eigenvalue weighted by molar-refractivity contribution is 0.417. The van der Waals surface area contributed by atoms with Crippen LogP contribution in [0.3, 0.4) is 0 Å². The maximum atomic E-state index is 5.92. The van der Waals surface area contributed by atoms with Gasteiger partial charge in [0.25, 0.3) is 0 Å². The van der Waals surface area contributed by atoms with E-state index in [-0.39, 0.29) is 12.1 Å². The van der Waals surface area contributed by atoms with Gasteiger partial charge in [0.1, 0.15) is 0 Å². The molecule has 0 radical (unpaired) electrons. The first-order chi connectivity index (χ1) is 10.0. The molecule has 5 nitrogen and oxygen atoms in total. The van der Waals surface area contributed by atoms with Crippen LogP contribution in [-0.2, 0) is 0 Å². The molecule has 0 spiro atoms. The summed E-state index contributed by atoms with van der Waals surface area (Å²) in [6.07, 6.45) is 0. The molecule has 1 aromatic carbocycles. The van der Waals surface area contributed by atoms with E-state index in [0.29, 0.717) is 11.9 Å². The van der Waals surface area contributed by atoms with Crippen LogP contribution >= 0.6 is 11.6 Å². The molecule has 0 aliphatic rings. The van der Waals surface area contributed by atoms with Gasteiger partial charge in [-0.05, 0) is 38.1 Å². The molecule has 6 heteroatoms. The molecule has 1 aromatic heterocycles. The summed E-state index contributed by atoms with van der Waals surface area (Å²) in [5.41, 5.74) is 1.14. The fourth-order valence-corrected chi connectivity index (χ4v) is 2.19. The maximum Gasteiger partial charge on any atom is 0.318 e. The van der Waals surface area contributed by atoms with E-state index in [4.69, 9.17) is 16.0 Å². The molecule has 0 amide bonds. The van der Waals surface area contributed by atoms with Crippen molar-refractivity contribution < 1.29 is 4.42 Å². The molecular formula is C15H21ClN4O. The highest BCUT2D eigenvalue weighted by atomic mass is 35.5. The van der Waals surface area contributed by atoms with Crippen molar-refractivity contribution in [1.29, 1.82) is 0 Å². The van der Waals surface area contributed by atoms with Gasteiger partial charge in [-0.1, -0.05) is 35.8 Å². The Balaban J connectivity index is 2.12. The molecule has 114 valence electrons. The zero-order valence-electron chi connectivity index (χ0n) is 12.8. The molecule has 0 fully saturated rings. The molecule has 2 atom stereocenters. The highest BCUT2D eigenvalue weighted by molar-refractivity contribution is 6.30. The van der Waals surface area contributed by atoms with Crippen LogP contribution in [0.2, 0.25) is 5.02 Å². The van der Waals surface area contributed by atoms with E-state index >= 15 is 0 Å². The Morgan fingerprint density at radius 3 is 2.52 bits per heavy atom. The first-order valence-electron chi connectivity index (χ1n) is 7.08. The SMILES string of the molecule is CCNC(C)c1nnc(N(C)C(C)c2ccc(Cl)cc2)o1. The van der Waals surface area contributed by atoms with E-state index in [1.54, 1.807) is 0 Å². The molecule has 2 aromatic rings. The van der Waals surface area contributed by atoms with Gasteiger partial charge in [-0.15, -0.1) is 5.10 Å². The van der Waals surface area contributed by atoms with E-state index in [0.717, 1.165) is 17.1 Å². The number of anilines is 1. The summed E-state index contributed by atoms with van der Waals surface area (Å²) in [6, 6.07) is 8.45. The predicted molar refractivity (Wildman–Crippen MR) is 84.7 cm³/mol. The number of hydrogen-bond acceptors (Lipinski definition) is 5. The Hall–Kier alpha value is -1.59. The molecular weight excluding hydrogens is 288 g/mol. The molecule has 0 aliphatic carbocycles. The van der Waals surface area contributed by atoms with Crippen LogP contribution in [0.15, 0.2) is 28.7 Å². The third-order valence-corrected chi connectivity index (χ3v) is 3.80. The second kappa shape index (κ2) is 6.91. The van der Waals surface area contributed by atoms with Crippen LogP contribution in [0.1, 0.15) is 44.3 Å². The zero-order valence-corrected chi connectivity index (χ0v) is 13.6. The van der Waals surface area contributed by atoms with E-state index in [1.807, 2.05) is 50.1 Å². The van der Waals surface area contributed by atoms with Crippen molar-refractivity contribution in [3.8, 4) is 0 Å². The van der Waals surface area contributed by atoms with Crippen molar-refractivity contribution in [2.45, 2.75) is 32.9 Å². The number of halogens is 1. The number of hydrogen-bond donors (Lipinski definition) is 1. The third kappa shape index (κ3) is 3.74. The van der Waals surface area contributed by atoms with E-state index in [9.17, 15) is 0 Å². The van der Waals surface area contributed by atoms with Crippen LogP contribution in [0.5, 0.6) is 0 Å². The quantitative estimate of drug-likeness (QED) is 0.883. The van der Waals surface area contributed by atoms with Crippen molar-refractivity contribution in [1.82, 2.24) is 15.5 Å². The molecule has 21 heavy (non-hydrogen) atoms. The number of nitrogens with one attached hydrogen (secondary N) is 1. The minimum atomic E-state index is 0.0514. The van der Waals surface area contributed by atoms with Crippen LogP contribution in [0.25, 0.3) is 0 Å². The van der Waals surface area contributed by atoms with Gasteiger partial charge in [-0.25, -0.2) is 0 Å². The van der Waals surface area contributed by atoms with Gasteiger partial charge in [0, 0.05) is 12.1 Å². The fourth-order valence-electron chi connectivity index (χ4n) is 2.07. The van der Waals surface area contributed by atoms with E-state index in [1.165, 1.54) is 0 Å². The van der Waals surface area contributed by atoms with Gasteiger partial charge < -0.3 is 14.6 Å². The summed E-state index contributed by atoms with van der Waals surface area (Å²) in [7, 11) is 1.94. The third-order valence-electron chi connectivity index (χ3n) is 3.55. The summed E-state index contributed by atoms with van der Waals surface area (Å²) < 4.78 is 5.74. The Morgan fingerprint density at radius 2 is 1.90 bits per heavy atom. The number of aromatic nitrogens is 2. The predicted octanol–water partition coefficient (Wildman–Crippen LogP) is 3.59. The summed E-state index contributed by atoms with van der Waals surface area (Å²) in [5.74, 6) is 0.599. The molecule has 0 aliphatic heterocycles. The summed E-state index contributed by atoms with van der Waals surface area (Å²) in [6.45, 7) is 6.99. The summed E-state index contributed by atoms with van der Waals surface area (Å²) in [4.78, 5) is 1.96. The average molecular weight is 309 g/mol. The summed E-state index contributed by atoms with van der Waals surface area (Å²) >= 11 is 5.92. The number of benzene rings is 1. The average Bonchev–Trinajstić information content (AvgIpc) is 2.96. The highest BCUT2D eigenvalue weighted by Crippen LogP contribution is 2.26. The molecule has 2 rings (SSSR count). The minimum absolute atomic E-state index is 0.0514.